The molecule has 0 spiro atoms. The zero-order chi connectivity index (χ0) is 25.1. The van der Waals surface area contributed by atoms with Crippen molar-refractivity contribution in [2.75, 3.05) is 13.2 Å². The fourth-order valence-electron chi connectivity index (χ4n) is 3.52. The van der Waals surface area contributed by atoms with Gasteiger partial charge in [0.15, 0.2) is 0 Å². The third kappa shape index (κ3) is 9.87. The fraction of sp³-hybridized carbons (Fsp3) is 0.560. The van der Waals surface area contributed by atoms with E-state index in [9.17, 15) is 28.2 Å². The number of benzene rings is 1. The summed E-state index contributed by atoms with van der Waals surface area (Å²) in [5, 5.41) is 20.3. The lowest BCUT2D eigenvalue weighted by Crippen LogP contribution is -2.23. The van der Waals surface area contributed by atoms with E-state index in [2.05, 4.69) is 0 Å². The Balaban J connectivity index is 1.76. The lowest BCUT2D eigenvalue weighted by atomic mass is 9.93. The molecule has 2 N–H and O–H groups in total. The Bertz CT molecular complexity index is 821. The van der Waals surface area contributed by atoms with Gasteiger partial charge in [-0.05, 0) is 51.3 Å². The minimum Gasteiger partial charge on any atom is -0.491 e. The Hall–Kier alpha value is -2.36. The van der Waals surface area contributed by atoms with Crippen LogP contribution in [-0.2, 0) is 20.4 Å². The molecular weight excluding hydrogens is 453 g/mol. The second-order valence-electron chi connectivity index (χ2n) is 8.44. The molecule has 1 fully saturated rings. The van der Waals surface area contributed by atoms with Gasteiger partial charge in [-0.3, -0.25) is 4.79 Å². The summed E-state index contributed by atoms with van der Waals surface area (Å²) in [4.78, 5) is 11.5. The number of esters is 1. The van der Waals surface area contributed by atoms with Crippen LogP contribution in [0.25, 0.3) is 0 Å². The van der Waals surface area contributed by atoms with Crippen molar-refractivity contribution in [3.8, 4) is 5.75 Å². The molecule has 0 unspecified atom stereocenters. The third-order valence-electron chi connectivity index (χ3n) is 5.20. The monoisotopic (exact) mass is 486 g/mol. The normalized spacial score (nSPS) is 22.1. The second kappa shape index (κ2) is 13.5. The number of aliphatic hydroxyl groups excluding tert-OH is 2. The lowest BCUT2D eigenvalue weighted by molar-refractivity contribution is -0.147. The molecule has 1 aliphatic heterocycles. The van der Waals surface area contributed by atoms with E-state index in [-0.39, 0.29) is 37.0 Å². The van der Waals surface area contributed by atoms with Gasteiger partial charge in [0.2, 0.25) is 0 Å². The summed E-state index contributed by atoms with van der Waals surface area (Å²) in [5.41, 5.74) is -0.823. The van der Waals surface area contributed by atoms with Crippen molar-refractivity contribution in [1.82, 2.24) is 0 Å². The van der Waals surface area contributed by atoms with E-state index in [1.807, 2.05) is 12.2 Å². The number of hydrogen-bond acceptors (Lipinski definition) is 6. The molecule has 34 heavy (non-hydrogen) atoms. The number of rotatable bonds is 12. The highest BCUT2D eigenvalue weighted by Crippen LogP contribution is 2.31. The van der Waals surface area contributed by atoms with Gasteiger partial charge in [-0.2, -0.15) is 13.2 Å². The molecule has 1 saturated heterocycles. The van der Waals surface area contributed by atoms with Gasteiger partial charge in [-0.25, -0.2) is 0 Å². The molecule has 1 aromatic rings. The Morgan fingerprint density at radius 3 is 2.71 bits per heavy atom. The number of carbonyl (C=O) groups excluding carboxylic acids is 1. The number of allylic oxidation sites excluding steroid dienone is 2. The molecule has 0 radical (unpaired) electrons. The minimum atomic E-state index is -4.47. The van der Waals surface area contributed by atoms with E-state index >= 15 is 0 Å². The topological polar surface area (TPSA) is 85.2 Å². The average molecular weight is 487 g/mol. The number of carbonyl (C=O) groups is 1. The van der Waals surface area contributed by atoms with Crippen LogP contribution in [0.1, 0.15) is 45.1 Å². The predicted octanol–water partition coefficient (Wildman–Crippen LogP) is 4.45. The van der Waals surface area contributed by atoms with Crippen LogP contribution < -0.4 is 4.74 Å². The van der Waals surface area contributed by atoms with Gasteiger partial charge >= 0.3 is 12.1 Å². The molecule has 0 saturated carbocycles. The van der Waals surface area contributed by atoms with Crippen molar-refractivity contribution < 1.29 is 42.4 Å². The maximum Gasteiger partial charge on any atom is 0.416 e. The quantitative estimate of drug-likeness (QED) is 0.336. The zero-order valence-electron chi connectivity index (χ0n) is 19.4. The second-order valence-corrected chi connectivity index (χ2v) is 8.44. The van der Waals surface area contributed by atoms with Crippen LogP contribution in [-0.4, -0.2) is 53.8 Å². The van der Waals surface area contributed by atoms with Crippen LogP contribution >= 0.6 is 0 Å². The van der Waals surface area contributed by atoms with Gasteiger partial charge in [0, 0.05) is 12.3 Å². The van der Waals surface area contributed by atoms with Gasteiger partial charge in [0.1, 0.15) is 18.5 Å². The predicted molar refractivity (Wildman–Crippen MR) is 120 cm³/mol. The van der Waals surface area contributed by atoms with Crippen molar-refractivity contribution in [2.45, 2.75) is 70.1 Å². The smallest absolute Gasteiger partial charge is 0.416 e. The molecule has 0 bridgehead atoms. The number of halogens is 3. The summed E-state index contributed by atoms with van der Waals surface area (Å²) in [7, 11) is 0. The summed E-state index contributed by atoms with van der Waals surface area (Å²) in [6.45, 7) is 3.56. The van der Waals surface area contributed by atoms with E-state index < -0.39 is 30.1 Å². The SMILES string of the molecule is CC(C)OC(=O)CC/C=C\CC[C@H]1[C@@H](O)CO[C@@H]1/C=C/[C@@H](O)COc1cccc(C(F)(F)F)c1. The molecule has 2 rings (SSSR count). The molecule has 0 amide bonds. The molecule has 190 valence electrons. The molecule has 1 aromatic carbocycles. The summed E-state index contributed by atoms with van der Waals surface area (Å²) in [5.74, 6) is -0.389. The highest BCUT2D eigenvalue weighted by molar-refractivity contribution is 5.69. The zero-order valence-corrected chi connectivity index (χ0v) is 19.4. The van der Waals surface area contributed by atoms with Gasteiger partial charge in [-0.15, -0.1) is 0 Å². The summed E-state index contributed by atoms with van der Waals surface area (Å²) in [6, 6.07) is 4.45. The maximum atomic E-state index is 12.8. The standard InChI is InChI=1S/C25H33F3O6/c1-17(2)34-24(31)11-6-4-3-5-10-21-22(30)16-33-23(21)13-12-19(29)15-32-20-9-7-8-18(14-20)25(26,27)28/h3-4,7-9,12-14,17,19,21-23,29-30H,5-6,10-11,15-16H2,1-2H3/b4-3-,13-12+/t19-,21+,22+,23-/m1/s1. The number of aliphatic hydroxyl groups is 2. The maximum absolute atomic E-state index is 12.8. The Kier molecular flexibility index (Phi) is 11.1. The van der Waals surface area contributed by atoms with E-state index in [0.29, 0.717) is 25.7 Å². The van der Waals surface area contributed by atoms with E-state index in [4.69, 9.17) is 14.2 Å². The van der Waals surface area contributed by atoms with Gasteiger partial charge in [-0.1, -0.05) is 30.4 Å². The Morgan fingerprint density at radius 2 is 2.00 bits per heavy atom. The minimum absolute atomic E-state index is 0.0111. The molecular formula is C25H33F3O6. The molecule has 1 heterocycles. The largest absolute Gasteiger partial charge is 0.491 e. The van der Waals surface area contributed by atoms with E-state index in [0.717, 1.165) is 12.1 Å². The van der Waals surface area contributed by atoms with Crippen LogP contribution in [0.4, 0.5) is 13.2 Å². The van der Waals surface area contributed by atoms with E-state index in [1.165, 1.54) is 18.2 Å². The lowest BCUT2D eigenvalue weighted by Gasteiger charge is -2.17. The van der Waals surface area contributed by atoms with Crippen LogP contribution in [0.5, 0.6) is 5.75 Å². The van der Waals surface area contributed by atoms with Crippen molar-refractivity contribution in [3.05, 3.63) is 54.1 Å². The number of hydrogen-bond donors (Lipinski definition) is 2. The van der Waals surface area contributed by atoms with Crippen LogP contribution in [0.15, 0.2) is 48.6 Å². The first-order chi connectivity index (χ1) is 16.1. The molecule has 1 aliphatic rings. The Labute approximate surface area is 198 Å². The summed E-state index contributed by atoms with van der Waals surface area (Å²) < 4.78 is 54.3. The molecule has 6 nitrogen and oxygen atoms in total. The Morgan fingerprint density at radius 1 is 1.26 bits per heavy atom. The molecule has 0 aliphatic carbocycles. The van der Waals surface area contributed by atoms with Crippen molar-refractivity contribution >= 4 is 5.97 Å². The highest BCUT2D eigenvalue weighted by Gasteiger charge is 2.34. The van der Waals surface area contributed by atoms with Crippen LogP contribution in [0.3, 0.4) is 0 Å². The van der Waals surface area contributed by atoms with Crippen LogP contribution in [0, 0.1) is 5.92 Å². The number of alkyl halides is 3. The van der Waals surface area contributed by atoms with Crippen molar-refractivity contribution in [3.63, 3.8) is 0 Å². The highest BCUT2D eigenvalue weighted by atomic mass is 19.4. The first kappa shape index (κ1) is 27.9. The summed E-state index contributed by atoms with van der Waals surface area (Å²) >= 11 is 0. The molecule has 9 heteroatoms. The average Bonchev–Trinajstić information content (AvgIpc) is 3.11. The van der Waals surface area contributed by atoms with Gasteiger partial charge < -0.3 is 24.4 Å². The van der Waals surface area contributed by atoms with Gasteiger partial charge in [0.25, 0.3) is 0 Å². The molecule has 0 aromatic heterocycles. The van der Waals surface area contributed by atoms with Crippen molar-refractivity contribution in [1.29, 1.82) is 0 Å². The first-order valence-electron chi connectivity index (χ1n) is 11.4. The van der Waals surface area contributed by atoms with Crippen LogP contribution in [0.2, 0.25) is 0 Å². The van der Waals surface area contributed by atoms with E-state index in [1.54, 1.807) is 19.9 Å². The summed E-state index contributed by atoms with van der Waals surface area (Å²) in [6.07, 6.45) is 2.51. The van der Waals surface area contributed by atoms with Crippen molar-refractivity contribution in [2.24, 2.45) is 5.92 Å². The fourth-order valence-corrected chi connectivity index (χ4v) is 3.52. The first-order valence-corrected chi connectivity index (χ1v) is 11.4. The van der Waals surface area contributed by atoms with Gasteiger partial charge in [0.05, 0.1) is 30.5 Å². The third-order valence-corrected chi connectivity index (χ3v) is 5.20. The number of ether oxygens (including phenoxy) is 3. The molecule has 4 atom stereocenters.